The van der Waals surface area contributed by atoms with Gasteiger partial charge in [-0.15, -0.1) is 0 Å². The van der Waals surface area contributed by atoms with Crippen LogP contribution in [0.5, 0.6) is 5.75 Å². The summed E-state index contributed by atoms with van der Waals surface area (Å²) in [5.74, 6) is 0.400. The molecule has 1 aromatic rings. The molecule has 19 heavy (non-hydrogen) atoms. The van der Waals surface area contributed by atoms with Crippen LogP contribution < -0.4 is 10.5 Å². The molecular weight excluding hydrogens is 270 g/mol. The van der Waals surface area contributed by atoms with Gasteiger partial charge in [0.25, 0.3) is 0 Å². The highest BCUT2D eigenvalue weighted by Gasteiger charge is 2.23. The molecule has 0 atom stereocenters. The van der Waals surface area contributed by atoms with Crippen LogP contribution in [-0.2, 0) is 10.0 Å². The Morgan fingerprint density at radius 1 is 1.42 bits per heavy atom. The molecule has 0 radical (unpaired) electrons. The molecular formula is C11H17N3O4S. The van der Waals surface area contributed by atoms with Crippen molar-refractivity contribution in [3.05, 3.63) is 24.3 Å². The monoisotopic (exact) mass is 287 g/mol. The van der Waals surface area contributed by atoms with E-state index >= 15 is 0 Å². The first-order chi connectivity index (χ1) is 8.95. The number of likely N-dealkylation sites (N-methyl/N-ethyl adjacent to an activating group) is 1. The molecule has 0 fully saturated rings. The number of nitrogens with two attached hydrogens (primary N) is 1. The molecule has 0 aliphatic carbocycles. The fourth-order valence-electron chi connectivity index (χ4n) is 1.48. The van der Waals surface area contributed by atoms with Gasteiger partial charge in [-0.1, -0.05) is 12.1 Å². The quantitative estimate of drug-likeness (QED) is 0.342. The standard InChI is InChI=1S/C11H17N3O4S/c1-3-14(8-11(12)13-15)19(16,17)10-6-4-9(18-2)5-7-10/h4-7,15H,3,8H2,1-2H3,(H2,12,13). The van der Waals surface area contributed by atoms with E-state index in [1.165, 1.54) is 19.2 Å². The van der Waals surface area contributed by atoms with Crippen LogP contribution in [-0.4, -0.2) is 44.0 Å². The second-order valence-electron chi connectivity index (χ2n) is 3.70. The summed E-state index contributed by atoms with van der Waals surface area (Å²) in [6, 6.07) is 6.01. The number of hydrogen-bond acceptors (Lipinski definition) is 5. The van der Waals surface area contributed by atoms with Crippen molar-refractivity contribution in [2.45, 2.75) is 11.8 Å². The highest BCUT2D eigenvalue weighted by atomic mass is 32.2. The topological polar surface area (TPSA) is 105 Å². The zero-order chi connectivity index (χ0) is 14.5. The van der Waals surface area contributed by atoms with Crippen molar-refractivity contribution in [2.24, 2.45) is 10.9 Å². The number of sulfonamides is 1. The normalized spacial score (nSPS) is 12.7. The molecule has 0 aromatic heterocycles. The lowest BCUT2D eigenvalue weighted by Gasteiger charge is -2.19. The zero-order valence-corrected chi connectivity index (χ0v) is 11.6. The minimum atomic E-state index is -3.68. The maximum atomic E-state index is 12.3. The van der Waals surface area contributed by atoms with Gasteiger partial charge in [0.15, 0.2) is 5.84 Å². The van der Waals surface area contributed by atoms with Crippen molar-refractivity contribution in [3.8, 4) is 5.75 Å². The molecule has 8 heteroatoms. The summed E-state index contributed by atoms with van der Waals surface area (Å²) in [4.78, 5) is 0.126. The van der Waals surface area contributed by atoms with Crippen LogP contribution >= 0.6 is 0 Å². The first-order valence-corrected chi connectivity index (χ1v) is 7.00. The smallest absolute Gasteiger partial charge is 0.243 e. The minimum Gasteiger partial charge on any atom is -0.497 e. The van der Waals surface area contributed by atoms with E-state index < -0.39 is 10.0 Å². The van der Waals surface area contributed by atoms with E-state index in [0.29, 0.717) is 5.75 Å². The lowest BCUT2D eigenvalue weighted by Crippen LogP contribution is -2.38. The Balaban J connectivity index is 3.05. The number of oxime groups is 1. The molecule has 1 aromatic carbocycles. The Bertz CT molecular complexity index is 540. The SMILES string of the molecule is CCN(CC(N)=NO)S(=O)(=O)c1ccc(OC)cc1. The Morgan fingerprint density at radius 3 is 2.42 bits per heavy atom. The maximum Gasteiger partial charge on any atom is 0.243 e. The van der Waals surface area contributed by atoms with Gasteiger partial charge in [-0.25, -0.2) is 8.42 Å². The molecule has 0 heterocycles. The van der Waals surface area contributed by atoms with Crippen molar-refractivity contribution in [3.63, 3.8) is 0 Å². The Labute approximate surface area is 112 Å². The number of methoxy groups -OCH3 is 1. The van der Waals surface area contributed by atoms with Gasteiger partial charge in [0.05, 0.1) is 18.6 Å². The van der Waals surface area contributed by atoms with Gasteiger partial charge in [0.2, 0.25) is 10.0 Å². The zero-order valence-electron chi connectivity index (χ0n) is 10.8. The predicted octanol–water partition coefficient (Wildman–Crippen LogP) is 0.452. The molecule has 7 nitrogen and oxygen atoms in total. The number of rotatable bonds is 6. The Hall–Kier alpha value is -1.80. The van der Waals surface area contributed by atoms with Crippen molar-refractivity contribution in [1.29, 1.82) is 0 Å². The van der Waals surface area contributed by atoms with Gasteiger partial charge in [-0.3, -0.25) is 0 Å². The lowest BCUT2D eigenvalue weighted by atomic mass is 10.3. The first-order valence-electron chi connectivity index (χ1n) is 5.56. The highest BCUT2D eigenvalue weighted by molar-refractivity contribution is 7.89. The molecule has 0 aliphatic heterocycles. The number of amidine groups is 1. The fraction of sp³-hybridized carbons (Fsp3) is 0.364. The molecule has 0 unspecified atom stereocenters. The van der Waals surface area contributed by atoms with E-state index in [0.717, 1.165) is 4.31 Å². The molecule has 3 N–H and O–H groups in total. The average Bonchev–Trinajstić information content (AvgIpc) is 2.44. The van der Waals surface area contributed by atoms with E-state index in [1.54, 1.807) is 19.1 Å². The summed E-state index contributed by atoms with van der Waals surface area (Å²) >= 11 is 0. The summed E-state index contributed by atoms with van der Waals surface area (Å²) in [7, 11) is -2.18. The van der Waals surface area contributed by atoms with Crippen LogP contribution in [0.15, 0.2) is 34.3 Å². The number of benzene rings is 1. The molecule has 0 aliphatic rings. The van der Waals surface area contributed by atoms with E-state index in [2.05, 4.69) is 5.16 Å². The van der Waals surface area contributed by atoms with Crippen LogP contribution in [0.3, 0.4) is 0 Å². The predicted molar refractivity (Wildman–Crippen MR) is 70.8 cm³/mol. The minimum absolute atomic E-state index is 0.126. The van der Waals surface area contributed by atoms with E-state index in [-0.39, 0.29) is 23.8 Å². The Morgan fingerprint density at radius 2 is 2.00 bits per heavy atom. The molecule has 0 saturated carbocycles. The summed E-state index contributed by atoms with van der Waals surface area (Å²) in [6.07, 6.45) is 0. The average molecular weight is 287 g/mol. The van der Waals surface area contributed by atoms with Gasteiger partial charge in [0.1, 0.15) is 5.75 Å². The van der Waals surface area contributed by atoms with Gasteiger partial charge < -0.3 is 15.7 Å². The third kappa shape index (κ3) is 3.58. The van der Waals surface area contributed by atoms with Crippen LogP contribution in [0.1, 0.15) is 6.92 Å². The number of hydrogen-bond donors (Lipinski definition) is 2. The van der Waals surface area contributed by atoms with E-state index in [1.807, 2.05) is 0 Å². The third-order valence-corrected chi connectivity index (χ3v) is 4.45. The molecule has 0 amide bonds. The largest absolute Gasteiger partial charge is 0.497 e. The van der Waals surface area contributed by atoms with Crippen molar-refractivity contribution >= 4 is 15.9 Å². The molecule has 0 spiro atoms. The molecule has 0 saturated heterocycles. The van der Waals surface area contributed by atoms with Gasteiger partial charge in [0, 0.05) is 6.54 Å². The maximum absolute atomic E-state index is 12.3. The summed E-state index contributed by atoms with van der Waals surface area (Å²) in [6.45, 7) is 1.72. The molecule has 1 rings (SSSR count). The van der Waals surface area contributed by atoms with Crippen molar-refractivity contribution in [2.75, 3.05) is 20.2 Å². The second-order valence-corrected chi connectivity index (χ2v) is 5.64. The number of ether oxygens (including phenoxy) is 1. The Kier molecular flexibility index (Phi) is 5.13. The highest BCUT2D eigenvalue weighted by Crippen LogP contribution is 2.19. The molecule has 106 valence electrons. The van der Waals surface area contributed by atoms with E-state index in [9.17, 15) is 8.42 Å². The van der Waals surface area contributed by atoms with Gasteiger partial charge >= 0.3 is 0 Å². The summed E-state index contributed by atoms with van der Waals surface area (Å²) in [5.41, 5.74) is 5.34. The summed E-state index contributed by atoms with van der Waals surface area (Å²) < 4.78 is 30.7. The first kappa shape index (κ1) is 15.3. The molecule has 0 bridgehead atoms. The van der Waals surface area contributed by atoms with Crippen LogP contribution in [0.2, 0.25) is 0 Å². The van der Waals surface area contributed by atoms with E-state index in [4.69, 9.17) is 15.7 Å². The number of nitrogens with zero attached hydrogens (tertiary/aromatic N) is 2. The van der Waals surface area contributed by atoms with Gasteiger partial charge in [-0.2, -0.15) is 4.31 Å². The van der Waals surface area contributed by atoms with Crippen LogP contribution in [0, 0.1) is 0 Å². The third-order valence-electron chi connectivity index (χ3n) is 2.52. The summed E-state index contributed by atoms with van der Waals surface area (Å²) in [5, 5.41) is 11.3. The van der Waals surface area contributed by atoms with Crippen molar-refractivity contribution < 1.29 is 18.4 Å². The van der Waals surface area contributed by atoms with Crippen LogP contribution in [0.4, 0.5) is 0 Å². The lowest BCUT2D eigenvalue weighted by molar-refractivity contribution is 0.315. The van der Waals surface area contributed by atoms with Gasteiger partial charge in [-0.05, 0) is 24.3 Å². The van der Waals surface area contributed by atoms with Crippen molar-refractivity contribution in [1.82, 2.24) is 4.31 Å². The van der Waals surface area contributed by atoms with Crippen LogP contribution in [0.25, 0.3) is 0 Å². The fourth-order valence-corrected chi connectivity index (χ4v) is 2.90. The second kappa shape index (κ2) is 6.39.